The Morgan fingerprint density at radius 1 is 0.500 bits per heavy atom. The highest BCUT2D eigenvalue weighted by molar-refractivity contribution is 5.78. The zero-order chi connectivity index (χ0) is 42.8. The van der Waals surface area contributed by atoms with E-state index in [-0.39, 0.29) is 11.1 Å². The quantitative estimate of drug-likeness (QED) is 0.188. The predicted octanol–water partition coefficient (Wildman–Crippen LogP) is 5.11. The van der Waals surface area contributed by atoms with E-state index >= 15 is 0 Å². The van der Waals surface area contributed by atoms with E-state index in [0.29, 0.717) is 25.7 Å². The Balaban J connectivity index is 1.69. The van der Waals surface area contributed by atoms with Crippen molar-refractivity contribution in [3.63, 3.8) is 0 Å². The van der Waals surface area contributed by atoms with Crippen LogP contribution in [0, 0.1) is 23.7 Å². The average molecular weight is 795 g/mol. The third kappa shape index (κ3) is 9.25. The molecule has 0 saturated carbocycles. The van der Waals surface area contributed by atoms with Crippen molar-refractivity contribution in [2.75, 3.05) is 27.4 Å². The molecular weight excluding hydrogens is 720 g/mol. The second kappa shape index (κ2) is 15.3. The van der Waals surface area contributed by atoms with Crippen LogP contribution < -0.4 is 10.6 Å². The Morgan fingerprint density at radius 3 is 1.04 bits per heavy atom. The number of rotatable bonds is 13. The van der Waals surface area contributed by atoms with Gasteiger partial charge in [-0.15, -0.1) is 0 Å². The van der Waals surface area contributed by atoms with Crippen LogP contribution in [0.15, 0.2) is 0 Å². The Labute approximate surface area is 336 Å². The molecule has 322 valence electrons. The minimum absolute atomic E-state index is 0.351. The minimum Gasteiger partial charge on any atom is -0.461 e. The number of carbonyl (C=O) groups excluding carboxylic acids is 4. The van der Waals surface area contributed by atoms with Crippen molar-refractivity contribution in [2.45, 2.75) is 193 Å². The maximum atomic E-state index is 14.2. The molecule has 0 spiro atoms. The van der Waals surface area contributed by atoms with Gasteiger partial charge in [0.1, 0.15) is 13.2 Å². The molecule has 2 N–H and O–H groups in total. The summed E-state index contributed by atoms with van der Waals surface area (Å²) < 4.78 is 24.7. The number of hydrogen-bond donors (Lipinski definition) is 2. The average Bonchev–Trinajstić information content (AvgIpc) is 3.56. The molecule has 56 heavy (non-hydrogen) atoms. The molecule has 0 amide bonds. The number of hydroxylamine groups is 4. The highest BCUT2D eigenvalue weighted by Gasteiger charge is 2.58. The number of ether oxygens (including phenoxy) is 4. The topological polar surface area (TPSA) is 154 Å². The first-order chi connectivity index (χ1) is 25.2. The molecule has 0 aromatic carbocycles. The molecule has 0 bridgehead atoms. The van der Waals surface area contributed by atoms with E-state index in [2.05, 4.69) is 10.6 Å². The van der Waals surface area contributed by atoms with Crippen LogP contribution in [0.1, 0.15) is 136 Å². The van der Waals surface area contributed by atoms with Gasteiger partial charge in [0.25, 0.3) is 0 Å². The van der Waals surface area contributed by atoms with E-state index in [4.69, 9.17) is 28.6 Å². The van der Waals surface area contributed by atoms with Gasteiger partial charge in [0.05, 0.1) is 49.0 Å². The monoisotopic (exact) mass is 795 g/mol. The Morgan fingerprint density at radius 2 is 0.804 bits per heavy atom. The van der Waals surface area contributed by atoms with Gasteiger partial charge in [0, 0.05) is 33.2 Å². The molecule has 14 heteroatoms. The number of hydrogen-bond acceptors (Lipinski definition) is 14. The number of esters is 4. The molecule has 6 atom stereocenters. The lowest BCUT2D eigenvalue weighted by Crippen LogP contribution is -2.51. The Hall–Kier alpha value is -2.36. The Bertz CT molecular complexity index is 1390. The molecule has 0 aromatic rings. The summed E-state index contributed by atoms with van der Waals surface area (Å²) in [6, 6.07) is 0. The summed E-state index contributed by atoms with van der Waals surface area (Å²) in [6.45, 7) is 30.7. The SMILES string of the molecule is CON1C(C)(C)CC(C(=O)OCC(OC(=O)C2CC(C)(C)NC2(C)C)C(COC(=O)C2CC(C)(C)N(OC)C2(C)C)OC(=O)C2CC(C)(C)NC2(C)C)C1(C)C. The zero-order valence-electron chi connectivity index (χ0n) is 37.7. The molecule has 6 unspecified atom stereocenters. The maximum absolute atomic E-state index is 14.2. The molecule has 4 aliphatic heterocycles. The summed E-state index contributed by atoms with van der Waals surface area (Å²) in [5, 5.41) is 10.6. The van der Waals surface area contributed by atoms with Gasteiger partial charge in [0.15, 0.2) is 12.2 Å². The highest BCUT2D eigenvalue weighted by Crippen LogP contribution is 2.47. The highest BCUT2D eigenvalue weighted by atomic mass is 16.7. The first kappa shape index (κ1) is 46.3. The van der Waals surface area contributed by atoms with E-state index in [1.54, 1.807) is 24.3 Å². The Kier molecular flexibility index (Phi) is 12.7. The molecular formula is C42H74N4O10. The van der Waals surface area contributed by atoms with Gasteiger partial charge in [0.2, 0.25) is 0 Å². The van der Waals surface area contributed by atoms with Crippen LogP contribution in [0.25, 0.3) is 0 Å². The fourth-order valence-electron chi connectivity index (χ4n) is 11.0. The zero-order valence-corrected chi connectivity index (χ0v) is 37.7. The van der Waals surface area contributed by atoms with Crippen molar-refractivity contribution in [1.29, 1.82) is 0 Å². The van der Waals surface area contributed by atoms with E-state index in [0.717, 1.165) is 0 Å². The summed E-state index contributed by atoms with van der Waals surface area (Å²) >= 11 is 0. The van der Waals surface area contributed by atoms with Crippen LogP contribution in [-0.4, -0.2) is 118 Å². The summed E-state index contributed by atoms with van der Waals surface area (Å²) in [5.41, 5.74) is -4.33. The lowest BCUT2D eigenvalue weighted by atomic mass is 9.87. The van der Waals surface area contributed by atoms with Crippen molar-refractivity contribution in [2.24, 2.45) is 23.7 Å². The van der Waals surface area contributed by atoms with Gasteiger partial charge in [-0.1, -0.05) is 0 Å². The second-order valence-electron chi connectivity index (χ2n) is 21.6. The van der Waals surface area contributed by atoms with Crippen molar-refractivity contribution in [3.05, 3.63) is 0 Å². The molecule has 0 aliphatic carbocycles. The van der Waals surface area contributed by atoms with Crippen molar-refractivity contribution >= 4 is 23.9 Å². The first-order valence-electron chi connectivity index (χ1n) is 20.3. The van der Waals surface area contributed by atoms with Crippen molar-refractivity contribution in [1.82, 2.24) is 20.8 Å². The summed E-state index contributed by atoms with van der Waals surface area (Å²) in [7, 11) is 3.16. The van der Waals surface area contributed by atoms with Gasteiger partial charge in [-0.05, 0) is 136 Å². The summed E-state index contributed by atoms with van der Waals surface area (Å²) in [4.78, 5) is 67.9. The van der Waals surface area contributed by atoms with Crippen LogP contribution in [0.2, 0.25) is 0 Å². The molecule has 4 rings (SSSR count). The number of carbonyl (C=O) groups is 4. The van der Waals surface area contributed by atoms with E-state index < -0.39 is 106 Å². The molecule has 4 heterocycles. The van der Waals surface area contributed by atoms with Crippen molar-refractivity contribution < 1.29 is 47.8 Å². The van der Waals surface area contributed by atoms with Crippen LogP contribution in [0.5, 0.6) is 0 Å². The molecule has 0 aromatic heterocycles. The fourth-order valence-corrected chi connectivity index (χ4v) is 11.0. The van der Waals surface area contributed by atoms with Crippen LogP contribution in [-0.2, 0) is 47.8 Å². The second-order valence-corrected chi connectivity index (χ2v) is 21.6. The van der Waals surface area contributed by atoms with E-state index in [1.165, 1.54) is 0 Å². The molecule has 4 fully saturated rings. The third-order valence-corrected chi connectivity index (χ3v) is 13.0. The predicted molar refractivity (Wildman–Crippen MR) is 211 cm³/mol. The molecule has 0 radical (unpaired) electrons. The number of nitrogens with zero attached hydrogens (tertiary/aromatic N) is 2. The van der Waals surface area contributed by atoms with Gasteiger partial charge in [-0.25, -0.2) is 0 Å². The van der Waals surface area contributed by atoms with Crippen molar-refractivity contribution in [3.8, 4) is 0 Å². The lowest BCUT2D eigenvalue weighted by molar-refractivity contribution is -0.226. The standard InChI is InChI=1S/C42H74N4O10/c1-35(2)19-25(39(9,10)43-35)33(49)55-29(23-53-31(47)27-21-37(5,6)45(51-17)41(27,13)14)30(56-34(50)26-20-36(3,4)44-40(26,11)12)24-54-32(48)28-22-38(7,8)46(52-18)42(28,15)16/h25-30,43-44H,19-24H2,1-18H3. The molecule has 4 aliphatic rings. The van der Waals surface area contributed by atoms with Gasteiger partial charge in [-0.2, -0.15) is 10.1 Å². The number of nitrogens with one attached hydrogen (secondary N) is 2. The summed E-state index contributed by atoms with van der Waals surface area (Å²) in [5.74, 6) is -4.40. The third-order valence-electron chi connectivity index (χ3n) is 13.0. The smallest absolute Gasteiger partial charge is 0.311 e. The summed E-state index contributed by atoms with van der Waals surface area (Å²) in [6.07, 6.45) is -0.711. The van der Waals surface area contributed by atoms with Crippen LogP contribution in [0.4, 0.5) is 0 Å². The van der Waals surface area contributed by atoms with Crippen LogP contribution >= 0.6 is 0 Å². The maximum Gasteiger partial charge on any atom is 0.311 e. The minimum atomic E-state index is -1.30. The lowest BCUT2D eigenvalue weighted by Gasteiger charge is -2.38. The van der Waals surface area contributed by atoms with Gasteiger partial charge < -0.3 is 39.3 Å². The van der Waals surface area contributed by atoms with E-state index in [1.807, 2.05) is 111 Å². The molecule has 14 nitrogen and oxygen atoms in total. The largest absolute Gasteiger partial charge is 0.461 e. The fraction of sp³-hybridized carbons (Fsp3) is 0.905. The molecule has 4 saturated heterocycles. The van der Waals surface area contributed by atoms with E-state index in [9.17, 15) is 19.2 Å². The van der Waals surface area contributed by atoms with Gasteiger partial charge in [-0.3, -0.25) is 19.2 Å². The first-order valence-corrected chi connectivity index (χ1v) is 20.3. The normalized spacial score (nSPS) is 31.7. The van der Waals surface area contributed by atoms with Crippen LogP contribution in [0.3, 0.4) is 0 Å². The van der Waals surface area contributed by atoms with Gasteiger partial charge >= 0.3 is 23.9 Å².